The Balaban J connectivity index is 2.16. The van der Waals surface area contributed by atoms with Crippen LogP contribution in [0.2, 0.25) is 0 Å². The highest BCUT2D eigenvalue weighted by Gasteiger charge is 2.15. The molecule has 0 aliphatic carbocycles. The number of rotatable bonds is 1. The topological polar surface area (TPSA) is 57.8 Å². The van der Waals surface area contributed by atoms with Crippen molar-refractivity contribution in [3.05, 3.63) is 33.4 Å². The SMILES string of the molecule is O=c1[nH]c(-c2cccs2)nc2c1CCCN2. The van der Waals surface area contributed by atoms with Gasteiger partial charge in [-0.25, -0.2) is 4.98 Å². The Kier molecular flexibility index (Phi) is 2.25. The van der Waals surface area contributed by atoms with Gasteiger partial charge in [0.1, 0.15) is 5.82 Å². The number of thiophene rings is 1. The van der Waals surface area contributed by atoms with E-state index in [1.165, 1.54) is 0 Å². The Morgan fingerprint density at radius 2 is 2.38 bits per heavy atom. The van der Waals surface area contributed by atoms with Gasteiger partial charge in [0, 0.05) is 6.54 Å². The van der Waals surface area contributed by atoms with Crippen molar-refractivity contribution in [3.63, 3.8) is 0 Å². The zero-order chi connectivity index (χ0) is 11.0. The van der Waals surface area contributed by atoms with E-state index < -0.39 is 0 Å². The third kappa shape index (κ3) is 1.53. The lowest BCUT2D eigenvalue weighted by Gasteiger charge is -2.16. The average molecular weight is 233 g/mol. The molecule has 4 nitrogen and oxygen atoms in total. The number of fused-ring (bicyclic) bond motifs is 1. The molecule has 0 saturated heterocycles. The van der Waals surface area contributed by atoms with Crippen LogP contribution < -0.4 is 10.9 Å². The summed E-state index contributed by atoms with van der Waals surface area (Å²) < 4.78 is 0. The minimum Gasteiger partial charge on any atom is -0.370 e. The molecule has 0 unspecified atom stereocenters. The van der Waals surface area contributed by atoms with Crippen LogP contribution in [0.3, 0.4) is 0 Å². The molecule has 3 heterocycles. The summed E-state index contributed by atoms with van der Waals surface area (Å²) in [6.07, 6.45) is 1.81. The van der Waals surface area contributed by atoms with Crippen molar-refractivity contribution in [1.29, 1.82) is 0 Å². The van der Waals surface area contributed by atoms with Gasteiger partial charge in [-0.15, -0.1) is 11.3 Å². The molecule has 5 heteroatoms. The summed E-state index contributed by atoms with van der Waals surface area (Å²) in [5.41, 5.74) is 0.771. The highest BCUT2D eigenvalue weighted by Crippen LogP contribution is 2.23. The molecule has 0 spiro atoms. The highest BCUT2D eigenvalue weighted by atomic mass is 32.1. The van der Waals surface area contributed by atoms with Gasteiger partial charge in [-0.2, -0.15) is 0 Å². The lowest BCUT2D eigenvalue weighted by Crippen LogP contribution is -2.23. The molecule has 0 radical (unpaired) electrons. The van der Waals surface area contributed by atoms with Gasteiger partial charge < -0.3 is 10.3 Å². The Morgan fingerprint density at radius 3 is 3.19 bits per heavy atom. The van der Waals surface area contributed by atoms with Crippen molar-refractivity contribution < 1.29 is 0 Å². The second kappa shape index (κ2) is 3.75. The number of aromatic nitrogens is 2. The van der Waals surface area contributed by atoms with Gasteiger partial charge in [-0.3, -0.25) is 4.79 Å². The van der Waals surface area contributed by atoms with E-state index in [4.69, 9.17) is 0 Å². The quantitative estimate of drug-likeness (QED) is 0.790. The maximum Gasteiger partial charge on any atom is 0.256 e. The van der Waals surface area contributed by atoms with Crippen LogP contribution in [-0.2, 0) is 6.42 Å². The van der Waals surface area contributed by atoms with Gasteiger partial charge in [0.2, 0.25) is 0 Å². The number of anilines is 1. The summed E-state index contributed by atoms with van der Waals surface area (Å²) in [5.74, 6) is 1.41. The number of H-pyrrole nitrogens is 1. The number of nitrogens with zero attached hydrogens (tertiary/aromatic N) is 1. The number of nitrogens with one attached hydrogen (secondary N) is 2. The van der Waals surface area contributed by atoms with E-state index >= 15 is 0 Å². The molecule has 0 atom stereocenters. The fraction of sp³-hybridized carbons (Fsp3) is 0.273. The first kappa shape index (κ1) is 9.59. The monoisotopic (exact) mass is 233 g/mol. The molecule has 2 aromatic heterocycles. The van der Waals surface area contributed by atoms with Crippen LogP contribution in [0.15, 0.2) is 22.3 Å². The van der Waals surface area contributed by atoms with E-state index in [2.05, 4.69) is 15.3 Å². The van der Waals surface area contributed by atoms with E-state index in [-0.39, 0.29) is 5.56 Å². The molecule has 0 fully saturated rings. The van der Waals surface area contributed by atoms with Gasteiger partial charge in [0.25, 0.3) is 5.56 Å². The van der Waals surface area contributed by atoms with E-state index in [9.17, 15) is 4.79 Å². The molecule has 1 aliphatic heterocycles. The van der Waals surface area contributed by atoms with Crippen LogP contribution in [0.1, 0.15) is 12.0 Å². The van der Waals surface area contributed by atoms with Gasteiger partial charge >= 0.3 is 0 Å². The molecule has 0 saturated carbocycles. The number of aromatic amines is 1. The molecule has 0 bridgehead atoms. The van der Waals surface area contributed by atoms with Crippen LogP contribution in [0.5, 0.6) is 0 Å². The zero-order valence-corrected chi connectivity index (χ0v) is 9.43. The smallest absolute Gasteiger partial charge is 0.256 e. The van der Waals surface area contributed by atoms with E-state index in [1.807, 2.05) is 17.5 Å². The van der Waals surface area contributed by atoms with Gasteiger partial charge in [0.05, 0.1) is 10.4 Å². The molecule has 2 N–H and O–H groups in total. The molecular weight excluding hydrogens is 222 g/mol. The first-order valence-corrected chi connectivity index (χ1v) is 6.13. The maximum atomic E-state index is 11.8. The second-order valence-electron chi connectivity index (χ2n) is 3.75. The van der Waals surface area contributed by atoms with Crippen LogP contribution >= 0.6 is 11.3 Å². The Morgan fingerprint density at radius 1 is 1.44 bits per heavy atom. The number of hydrogen-bond donors (Lipinski definition) is 2. The van der Waals surface area contributed by atoms with Crippen LogP contribution in [-0.4, -0.2) is 16.5 Å². The van der Waals surface area contributed by atoms with Crippen molar-refractivity contribution >= 4 is 17.2 Å². The highest BCUT2D eigenvalue weighted by molar-refractivity contribution is 7.13. The van der Waals surface area contributed by atoms with E-state index in [0.29, 0.717) is 5.82 Å². The second-order valence-corrected chi connectivity index (χ2v) is 4.70. The summed E-state index contributed by atoms with van der Waals surface area (Å²) in [6.45, 7) is 0.896. The van der Waals surface area contributed by atoms with E-state index in [0.717, 1.165) is 35.6 Å². The normalized spacial score (nSPS) is 14.2. The third-order valence-electron chi connectivity index (χ3n) is 2.67. The first-order chi connectivity index (χ1) is 7.84. The van der Waals surface area contributed by atoms with E-state index in [1.54, 1.807) is 11.3 Å². The fourth-order valence-corrected chi connectivity index (χ4v) is 2.55. The third-order valence-corrected chi connectivity index (χ3v) is 3.54. The first-order valence-electron chi connectivity index (χ1n) is 5.25. The average Bonchev–Trinajstić information content (AvgIpc) is 2.82. The summed E-state index contributed by atoms with van der Waals surface area (Å²) in [5, 5.41) is 5.15. The van der Waals surface area contributed by atoms with Gasteiger partial charge in [0.15, 0.2) is 5.82 Å². The molecule has 82 valence electrons. The molecule has 0 aromatic carbocycles. The fourth-order valence-electron chi connectivity index (χ4n) is 1.88. The van der Waals surface area contributed by atoms with Crippen LogP contribution in [0.25, 0.3) is 10.7 Å². The standard InChI is InChI=1S/C11H11N3OS/c15-11-7-3-1-5-12-9(7)13-10(14-11)8-4-2-6-16-8/h2,4,6H,1,3,5H2,(H2,12,13,14,15). The van der Waals surface area contributed by atoms with Crippen molar-refractivity contribution in [2.24, 2.45) is 0 Å². The summed E-state index contributed by atoms with van der Waals surface area (Å²) >= 11 is 1.57. The predicted molar refractivity (Wildman–Crippen MR) is 65.0 cm³/mol. The minimum absolute atomic E-state index is 0.0133. The molecule has 16 heavy (non-hydrogen) atoms. The summed E-state index contributed by atoms with van der Waals surface area (Å²) in [6, 6.07) is 3.91. The van der Waals surface area contributed by atoms with Crippen molar-refractivity contribution in [2.45, 2.75) is 12.8 Å². The van der Waals surface area contributed by atoms with Gasteiger partial charge in [-0.05, 0) is 24.3 Å². The Hall–Kier alpha value is -1.62. The molecule has 0 amide bonds. The lowest BCUT2D eigenvalue weighted by atomic mass is 10.1. The van der Waals surface area contributed by atoms with Crippen LogP contribution in [0, 0.1) is 0 Å². The van der Waals surface area contributed by atoms with Crippen molar-refractivity contribution in [1.82, 2.24) is 9.97 Å². The summed E-state index contributed by atoms with van der Waals surface area (Å²) in [4.78, 5) is 20.1. The Labute approximate surface area is 96.4 Å². The predicted octanol–water partition coefficient (Wildman–Crippen LogP) is 1.86. The molecular formula is C11H11N3OS. The maximum absolute atomic E-state index is 11.8. The zero-order valence-electron chi connectivity index (χ0n) is 8.62. The van der Waals surface area contributed by atoms with Crippen LogP contribution in [0.4, 0.5) is 5.82 Å². The van der Waals surface area contributed by atoms with Crippen molar-refractivity contribution in [3.8, 4) is 10.7 Å². The molecule has 2 aromatic rings. The minimum atomic E-state index is -0.0133. The lowest BCUT2D eigenvalue weighted by molar-refractivity contribution is 0.800. The number of hydrogen-bond acceptors (Lipinski definition) is 4. The molecule has 1 aliphatic rings. The van der Waals surface area contributed by atoms with Crippen molar-refractivity contribution in [2.75, 3.05) is 11.9 Å². The van der Waals surface area contributed by atoms with Gasteiger partial charge in [-0.1, -0.05) is 6.07 Å². The summed E-state index contributed by atoms with van der Waals surface area (Å²) in [7, 11) is 0. The molecule has 3 rings (SSSR count). The largest absolute Gasteiger partial charge is 0.370 e. The Bertz CT molecular complexity index is 559.